The molecule has 1 aliphatic rings. The SMILES string of the molecule is O=C1CC(=O)N(c2cc(Br)cnc2Cl)C1. The summed E-state index contributed by atoms with van der Waals surface area (Å²) >= 11 is 9.09. The molecule has 2 rings (SSSR count). The molecule has 2 heterocycles. The van der Waals surface area contributed by atoms with Crippen LogP contribution in [0.4, 0.5) is 5.69 Å². The number of nitrogens with zero attached hydrogens (tertiary/aromatic N) is 2. The molecule has 6 heteroatoms. The van der Waals surface area contributed by atoms with Gasteiger partial charge >= 0.3 is 0 Å². The zero-order valence-corrected chi connectivity index (χ0v) is 9.88. The highest BCUT2D eigenvalue weighted by molar-refractivity contribution is 9.10. The molecule has 1 fully saturated rings. The number of halogens is 2. The predicted octanol–water partition coefficient (Wildman–Crippen LogP) is 1.80. The Balaban J connectivity index is 2.41. The first-order valence-electron chi connectivity index (χ1n) is 4.21. The molecule has 0 saturated carbocycles. The summed E-state index contributed by atoms with van der Waals surface area (Å²) in [5, 5.41) is 0.223. The maximum Gasteiger partial charge on any atom is 0.235 e. The van der Waals surface area contributed by atoms with E-state index in [2.05, 4.69) is 20.9 Å². The van der Waals surface area contributed by atoms with E-state index in [9.17, 15) is 9.59 Å². The number of carbonyl (C=O) groups excluding carboxylic acids is 2. The van der Waals surface area contributed by atoms with Crippen molar-refractivity contribution in [1.29, 1.82) is 0 Å². The number of rotatable bonds is 1. The number of pyridine rings is 1. The molecule has 0 bridgehead atoms. The van der Waals surface area contributed by atoms with Crippen molar-refractivity contribution < 1.29 is 9.59 Å². The summed E-state index contributed by atoms with van der Waals surface area (Å²) in [6, 6.07) is 1.67. The molecule has 1 aromatic heterocycles. The fourth-order valence-electron chi connectivity index (χ4n) is 1.41. The Kier molecular flexibility index (Phi) is 2.75. The Labute approximate surface area is 99.4 Å². The standard InChI is InChI=1S/C9H6BrClN2O2/c10-5-1-7(9(11)12-3-5)13-4-6(14)2-8(13)15/h1,3H,2,4H2. The van der Waals surface area contributed by atoms with Crippen LogP contribution in [0.25, 0.3) is 0 Å². The number of hydrogen-bond acceptors (Lipinski definition) is 3. The van der Waals surface area contributed by atoms with Crippen LogP contribution in [-0.2, 0) is 9.59 Å². The number of ketones is 1. The second-order valence-electron chi connectivity index (χ2n) is 3.16. The Bertz CT molecular complexity index is 450. The van der Waals surface area contributed by atoms with Crippen LogP contribution in [0.3, 0.4) is 0 Å². The van der Waals surface area contributed by atoms with E-state index in [1.54, 1.807) is 6.07 Å². The third-order valence-electron chi connectivity index (χ3n) is 2.06. The minimum atomic E-state index is -0.234. The molecule has 1 amide bonds. The fourth-order valence-corrected chi connectivity index (χ4v) is 1.93. The lowest BCUT2D eigenvalue weighted by molar-refractivity contribution is -0.121. The highest BCUT2D eigenvalue weighted by Crippen LogP contribution is 2.29. The Morgan fingerprint density at radius 3 is 2.80 bits per heavy atom. The van der Waals surface area contributed by atoms with Gasteiger partial charge in [0.15, 0.2) is 10.9 Å². The van der Waals surface area contributed by atoms with Crippen molar-refractivity contribution in [3.05, 3.63) is 21.9 Å². The van der Waals surface area contributed by atoms with E-state index in [1.165, 1.54) is 11.1 Å². The fraction of sp³-hybridized carbons (Fsp3) is 0.222. The van der Waals surface area contributed by atoms with E-state index in [4.69, 9.17) is 11.6 Å². The van der Waals surface area contributed by atoms with Gasteiger partial charge in [-0.25, -0.2) is 4.98 Å². The Morgan fingerprint density at radius 2 is 2.20 bits per heavy atom. The smallest absolute Gasteiger partial charge is 0.235 e. The second-order valence-corrected chi connectivity index (χ2v) is 4.43. The van der Waals surface area contributed by atoms with Crippen LogP contribution in [0, 0.1) is 0 Å². The van der Waals surface area contributed by atoms with Gasteiger partial charge in [-0.05, 0) is 22.0 Å². The lowest BCUT2D eigenvalue weighted by Gasteiger charge is -2.15. The van der Waals surface area contributed by atoms with Crippen LogP contribution in [0.15, 0.2) is 16.7 Å². The van der Waals surface area contributed by atoms with E-state index < -0.39 is 0 Å². The molecule has 1 aromatic rings. The molecule has 4 nitrogen and oxygen atoms in total. The first kappa shape index (κ1) is 10.6. The average Bonchev–Trinajstić information content (AvgIpc) is 2.50. The van der Waals surface area contributed by atoms with Crippen molar-refractivity contribution in [2.75, 3.05) is 11.4 Å². The number of carbonyl (C=O) groups is 2. The molecule has 1 saturated heterocycles. The summed E-state index contributed by atoms with van der Waals surface area (Å²) < 4.78 is 0.717. The van der Waals surface area contributed by atoms with E-state index >= 15 is 0 Å². The summed E-state index contributed by atoms with van der Waals surface area (Å²) in [6.45, 7) is 0.0800. The molecule has 0 aliphatic carbocycles. The highest BCUT2D eigenvalue weighted by atomic mass is 79.9. The summed E-state index contributed by atoms with van der Waals surface area (Å²) in [6.07, 6.45) is 1.48. The lowest BCUT2D eigenvalue weighted by Crippen LogP contribution is -2.25. The van der Waals surface area contributed by atoms with Gasteiger partial charge in [-0.15, -0.1) is 0 Å². The van der Waals surface area contributed by atoms with Crippen molar-refractivity contribution >= 4 is 44.9 Å². The molecular weight excluding hydrogens is 283 g/mol. The summed E-state index contributed by atoms with van der Waals surface area (Å²) in [7, 11) is 0. The predicted molar refractivity (Wildman–Crippen MR) is 58.9 cm³/mol. The minimum Gasteiger partial charge on any atom is -0.302 e. The van der Waals surface area contributed by atoms with Gasteiger partial charge in [0.25, 0.3) is 0 Å². The van der Waals surface area contributed by atoms with E-state index in [-0.39, 0.29) is 29.8 Å². The van der Waals surface area contributed by atoms with E-state index in [0.29, 0.717) is 10.2 Å². The van der Waals surface area contributed by atoms with Crippen molar-refractivity contribution in [1.82, 2.24) is 4.98 Å². The first-order valence-corrected chi connectivity index (χ1v) is 5.38. The molecule has 0 spiro atoms. The van der Waals surface area contributed by atoms with Crippen LogP contribution >= 0.6 is 27.5 Å². The van der Waals surface area contributed by atoms with Crippen LogP contribution in [-0.4, -0.2) is 23.2 Å². The van der Waals surface area contributed by atoms with Gasteiger partial charge < -0.3 is 4.90 Å². The molecule has 0 N–H and O–H groups in total. The third-order valence-corrected chi connectivity index (χ3v) is 2.79. The average molecular weight is 290 g/mol. The molecule has 0 radical (unpaired) electrons. The van der Waals surface area contributed by atoms with Gasteiger partial charge in [-0.2, -0.15) is 0 Å². The number of hydrogen-bond donors (Lipinski definition) is 0. The third kappa shape index (κ3) is 2.03. The normalized spacial score (nSPS) is 16.3. The molecule has 78 valence electrons. The quantitative estimate of drug-likeness (QED) is 0.585. The van der Waals surface area contributed by atoms with Gasteiger partial charge in [0.1, 0.15) is 0 Å². The van der Waals surface area contributed by atoms with Crippen LogP contribution in [0.1, 0.15) is 6.42 Å². The van der Waals surface area contributed by atoms with Gasteiger partial charge in [-0.3, -0.25) is 9.59 Å². The zero-order valence-electron chi connectivity index (χ0n) is 7.54. The number of Topliss-reactive ketones (excluding diaryl/α,β-unsaturated/α-hetero) is 1. The maximum atomic E-state index is 11.5. The van der Waals surface area contributed by atoms with Gasteiger partial charge in [0.2, 0.25) is 5.91 Å². The topological polar surface area (TPSA) is 50.3 Å². The molecule has 1 aliphatic heterocycles. The van der Waals surface area contributed by atoms with Crippen molar-refractivity contribution in [2.24, 2.45) is 0 Å². The Hall–Kier alpha value is -0.940. The van der Waals surface area contributed by atoms with Crippen molar-refractivity contribution in [3.63, 3.8) is 0 Å². The number of aromatic nitrogens is 1. The van der Waals surface area contributed by atoms with E-state index in [0.717, 1.165) is 0 Å². The Morgan fingerprint density at radius 1 is 1.47 bits per heavy atom. The number of amides is 1. The summed E-state index contributed by atoms with van der Waals surface area (Å²) in [5.41, 5.74) is 0.474. The molecule has 0 atom stereocenters. The maximum absolute atomic E-state index is 11.5. The summed E-state index contributed by atoms with van der Waals surface area (Å²) in [5.74, 6) is -0.335. The van der Waals surface area contributed by atoms with Crippen molar-refractivity contribution in [3.8, 4) is 0 Å². The lowest BCUT2D eigenvalue weighted by atomic mass is 10.3. The van der Waals surface area contributed by atoms with Crippen molar-refractivity contribution in [2.45, 2.75) is 6.42 Å². The van der Waals surface area contributed by atoms with Crippen LogP contribution < -0.4 is 4.90 Å². The van der Waals surface area contributed by atoms with E-state index in [1.807, 2.05) is 0 Å². The molecule has 0 unspecified atom stereocenters. The second kappa shape index (κ2) is 3.90. The molecule has 0 aromatic carbocycles. The molecule has 15 heavy (non-hydrogen) atoms. The molecular formula is C9H6BrClN2O2. The van der Waals surface area contributed by atoms with Crippen LogP contribution in [0.5, 0.6) is 0 Å². The minimum absolute atomic E-state index is 0.0527. The first-order chi connectivity index (χ1) is 7.08. The number of anilines is 1. The van der Waals surface area contributed by atoms with Gasteiger partial charge in [0.05, 0.1) is 18.7 Å². The zero-order chi connectivity index (χ0) is 11.0. The highest BCUT2D eigenvalue weighted by Gasteiger charge is 2.30. The largest absolute Gasteiger partial charge is 0.302 e. The van der Waals surface area contributed by atoms with Gasteiger partial charge in [0, 0.05) is 10.7 Å². The van der Waals surface area contributed by atoms with Gasteiger partial charge in [-0.1, -0.05) is 11.6 Å². The monoisotopic (exact) mass is 288 g/mol. The van der Waals surface area contributed by atoms with Crippen LogP contribution in [0.2, 0.25) is 5.15 Å². The summed E-state index contributed by atoms with van der Waals surface area (Å²) in [4.78, 5) is 27.8.